The van der Waals surface area contributed by atoms with Gasteiger partial charge in [0, 0.05) is 18.4 Å². The number of hydrogen-bond acceptors (Lipinski definition) is 4. The normalized spacial score (nSPS) is 14.2. The lowest BCUT2D eigenvalue weighted by molar-refractivity contribution is -0.142. The molecule has 0 fully saturated rings. The number of alkyl carbamates (subject to hydrolysis) is 1. The van der Waals surface area contributed by atoms with Crippen molar-refractivity contribution in [2.24, 2.45) is 0 Å². The van der Waals surface area contributed by atoms with E-state index in [1.807, 2.05) is 36.4 Å². The number of fused-ring (bicyclic) bond motifs is 3. The summed E-state index contributed by atoms with van der Waals surface area (Å²) in [6.07, 6.45) is -0.356. The van der Waals surface area contributed by atoms with Crippen molar-refractivity contribution in [1.82, 2.24) is 10.6 Å². The summed E-state index contributed by atoms with van der Waals surface area (Å²) in [5, 5.41) is 14.1. The van der Waals surface area contributed by atoms with E-state index in [9.17, 15) is 14.4 Å². The van der Waals surface area contributed by atoms with Crippen molar-refractivity contribution in [2.75, 3.05) is 6.61 Å². The number of nitrogens with one attached hydrogen (secondary N) is 2. The molecule has 0 bridgehead atoms. The minimum Gasteiger partial charge on any atom is -0.480 e. The minimum absolute atomic E-state index is 0.0338. The van der Waals surface area contributed by atoms with Gasteiger partial charge < -0.3 is 20.5 Å². The van der Waals surface area contributed by atoms with E-state index >= 15 is 0 Å². The lowest BCUT2D eigenvalue weighted by Crippen LogP contribution is -2.43. The van der Waals surface area contributed by atoms with E-state index in [4.69, 9.17) is 9.84 Å². The molecular formula is C23H26N2O5. The number of carboxylic acid groups (broad SMARTS) is 1. The van der Waals surface area contributed by atoms with Crippen molar-refractivity contribution in [2.45, 2.75) is 44.7 Å². The third-order valence-corrected chi connectivity index (χ3v) is 5.24. The van der Waals surface area contributed by atoms with Gasteiger partial charge in [-0.15, -0.1) is 0 Å². The Morgan fingerprint density at radius 1 is 1.00 bits per heavy atom. The second kappa shape index (κ2) is 9.43. The molecule has 0 saturated heterocycles. The number of aliphatic carboxylic acids is 1. The zero-order chi connectivity index (χ0) is 21.7. The molecule has 0 saturated carbocycles. The van der Waals surface area contributed by atoms with Crippen LogP contribution in [-0.4, -0.2) is 41.8 Å². The van der Waals surface area contributed by atoms with E-state index in [0.717, 1.165) is 22.3 Å². The molecule has 0 aliphatic heterocycles. The number of rotatable bonds is 8. The molecule has 2 amide bonds. The van der Waals surface area contributed by atoms with Crippen LogP contribution in [0.2, 0.25) is 0 Å². The van der Waals surface area contributed by atoms with E-state index < -0.39 is 30.1 Å². The topological polar surface area (TPSA) is 105 Å². The number of carbonyl (C=O) groups excluding carboxylic acids is 2. The van der Waals surface area contributed by atoms with Crippen molar-refractivity contribution in [1.29, 1.82) is 0 Å². The van der Waals surface area contributed by atoms with E-state index in [1.54, 1.807) is 13.8 Å². The van der Waals surface area contributed by atoms with Crippen molar-refractivity contribution in [3.63, 3.8) is 0 Å². The smallest absolute Gasteiger partial charge is 0.407 e. The first-order valence-electron chi connectivity index (χ1n) is 10.0. The second-order valence-electron chi connectivity index (χ2n) is 7.44. The molecule has 1 aliphatic carbocycles. The Morgan fingerprint density at radius 3 is 2.10 bits per heavy atom. The SMILES string of the molecule is CC[C@H](NC(=O)CC(C)NC(=O)OCC1c2ccccc2-c2ccccc21)C(=O)O. The van der Waals surface area contributed by atoms with Crippen LogP contribution in [0.5, 0.6) is 0 Å². The molecule has 3 rings (SSSR count). The fourth-order valence-electron chi connectivity index (χ4n) is 3.76. The maximum atomic E-state index is 12.2. The summed E-state index contributed by atoms with van der Waals surface area (Å²) in [5.74, 6) is -1.55. The van der Waals surface area contributed by atoms with Gasteiger partial charge in [-0.2, -0.15) is 0 Å². The Morgan fingerprint density at radius 2 is 1.57 bits per heavy atom. The molecule has 1 aliphatic rings. The third kappa shape index (κ3) is 4.79. The van der Waals surface area contributed by atoms with Crippen LogP contribution in [0.4, 0.5) is 4.79 Å². The van der Waals surface area contributed by atoms with Crippen LogP contribution in [0.1, 0.15) is 43.7 Å². The molecule has 2 atom stereocenters. The number of ether oxygens (including phenoxy) is 1. The number of hydrogen-bond donors (Lipinski definition) is 3. The summed E-state index contributed by atoms with van der Waals surface area (Å²) in [6, 6.07) is 14.7. The third-order valence-electron chi connectivity index (χ3n) is 5.24. The summed E-state index contributed by atoms with van der Waals surface area (Å²) >= 11 is 0. The highest BCUT2D eigenvalue weighted by atomic mass is 16.5. The Hall–Kier alpha value is -3.35. The molecule has 7 heteroatoms. The lowest BCUT2D eigenvalue weighted by Gasteiger charge is -2.18. The van der Waals surface area contributed by atoms with Crippen molar-refractivity contribution >= 4 is 18.0 Å². The number of carboxylic acids is 1. The van der Waals surface area contributed by atoms with E-state index in [0.29, 0.717) is 0 Å². The zero-order valence-corrected chi connectivity index (χ0v) is 17.1. The van der Waals surface area contributed by atoms with Gasteiger partial charge in [-0.1, -0.05) is 55.5 Å². The second-order valence-corrected chi connectivity index (χ2v) is 7.44. The maximum Gasteiger partial charge on any atom is 0.407 e. The highest BCUT2D eigenvalue weighted by Gasteiger charge is 2.29. The summed E-state index contributed by atoms with van der Waals surface area (Å²) in [4.78, 5) is 35.2. The van der Waals surface area contributed by atoms with Crippen molar-refractivity contribution in [3.8, 4) is 11.1 Å². The van der Waals surface area contributed by atoms with E-state index in [-0.39, 0.29) is 25.4 Å². The largest absolute Gasteiger partial charge is 0.480 e. The Balaban J connectivity index is 1.54. The summed E-state index contributed by atoms with van der Waals surface area (Å²) in [7, 11) is 0. The highest BCUT2D eigenvalue weighted by Crippen LogP contribution is 2.44. The van der Waals surface area contributed by atoms with Crippen LogP contribution in [0, 0.1) is 0 Å². The molecule has 158 valence electrons. The van der Waals surface area contributed by atoms with Gasteiger partial charge in [0.15, 0.2) is 0 Å². The van der Waals surface area contributed by atoms with Crippen molar-refractivity contribution in [3.05, 3.63) is 59.7 Å². The molecule has 0 radical (unpaired) electrons. The Kier molecular flexibility index (Phi) is 6.72. The number of benzene rings is 2. The average Bonchev–Trinajstić information content (AvgIpc) is 3.04. The summed E-state index contributed by atoms with van der Waals surface area (Å²) < 4.78 is 5.46. The van der Waals surface area contributed by atoms with Gasteiger partial charge in [0.1, 0.15) is 12.6 Å². The number of carbonyl (C=O) groups is 3. The van der Waals surface area contributed by atoms with Crippen LogP contribution in [0.15, 0.2) is 48.5 Å². The first-order chi connectivity index (χ1) is 14.4. The summed E-state index contributed by atoms with van der Waals surface area (Å²) in [6.45, 7) is 3.54. The van der Waals surface area contributed by atoms with Gasteiger partial charge in [0.25, 0.3) is 0 Å². The molecule has 30 heavy (non-hydrogen) atoms. The van der Waals surface area contributed by atoms with Gasteiger partial charge in [-0.25, -0.2) is 9.59 Å². The maximum absolute atomic E-state index is 12.2. The van der Waals surface area contributed by atoms with E-state index in [1.165, 1.54) is 0 Å². The molecule has 2 aromatic carbocycles. The molecule has 7 nitrogen and oxygen atoms in total. The average molecular weight is 410 g/mol. The Labute approximate surface area is 175 Å². The molecule has 0 spiro atoms. The molecule has 1 unspecified atom stereocenters. The Bertz CT molecular complexity index is 897. The fourth-order valence-corrected chi connectivity index (χ4v) is 3.76. The monoisotopic (exact) mass is 410 g/mol. The highest BCUT2D eigenvalue weighted by molar-refractivity contribution is 5.84. The van der Waals surface area contributed by atoms with Crippen LogP contribution >= 0.6 is 0 Å². The standard InChI is InChI=1S/C23H26N2O5/c1-3-20(22(27)28)25-21(26)12-14(2)24-23(29)30-13-19-17-10-6-4-8-15(17)16-9-5-7-11-18(16)19/h4-11,14,19-20H,3,12-13H2,1-2H3,(H,24,29)(H,25,26)(H,27,28)/t14?,20-/m0/s1. The number of amides is 2. The minimum atomic E-state index is -1.08. The predicted molar refractivity (Wildman–Crippen MR) is 112 cm³/mol. The predicted octanol–water partition coefficient (Wildman–Crippen LogP) is 3.28. The quantitative estimate of drug-likeness (QED) is 0.619. The van der Waals surface area contributed by atoms with Gasteiger partial charge >= 0.3 is 12.1 Å². The molecule has 3 N–H and O–H groups in total. The van der Waals surface area contributed by atoms with Gasteiger partial charge in [0.2, 0.25) is 5.91 Å². The molecule has 0 heterocycles. The van der Waals surface area contributed by atoms with Crippen molar-refractivity contribution < 1.29 is 24.2 Å². The molecule has 2 aromatic rings. The molecule has 0 aromatic heterocycles. The van der Waals surface area contributed by atoms with Crippen LogP contribution in [0.3, 0.4) is 0 Å². The first-order valence-corrected chi connectivity index (χ1v) is 10.0. The van der Waals surface area contributed by atoms with Gasteiger partial charge in [-0.3, -0.25) is 4.79 Å². The van der Waals surface area contributed by atoms with Gasteiger partial charge in [-0.05, 0) is 35.6 Å². The molecular weight excluding hydrogens is 384 g/mol. The first kappa shape index (κ1) is 21.4. The van der Waals surface area contributed by atoms with Crippen LogP contribution in [-0.2, 0) is 14.3 Å². The van der Waals surface area contributed by atoms with E-state index in [2.05, 4.69) is 22.8 Å². The van der Waals surface area contributed by atoms with Crippen LogP contribution < -0.4 is 10.6 Å². The fraction of sp³-hybridized carbons (Fsp3) is 0.348. The summed E-state index contributed by atoms with van der Waals surface area (Å²) in [5.41, 5.74) is 4.54. The lowest BCUT2D eigenvalue weighted by atomic mass is 9.98. The zero-order valence-electron chi connectivity index (χ0n) is 17.1. The van der Waals surface area contributed by atoms with Crippen LogP contribution in [0.25, 0.3) is 11.1 Å². The van der Waals surface area contributed by atoms with Gasteiger partial charge in [0.05, 0.1) is 0 Å².